The Morgan fingerprint density at radius 3 is 2.96 bits per heavy atom. The maximum atomic E-state index is 12.8. The molecule has 2 aliphatic heterocycles. The zero-order chi connectivity index (χ0) is 16.7. The number of amides is 2. The van der Waals surface area contributed by atoms with Crippen molar-refractivity contribution in [1.29, 1.82) is 0 Å². The average molecular weight is 325 g/mol. The maximum Gasteiger partial charge on any atom is 0.270 e. The molecule has 1 atom stereocenters. The van der Waals surface area contributed by atoms with Gasteiger partial charge in [0.15, 0.2) is 0 Å². The van der Waals surface area contributed by atoms with Crippen LogP contribution in [0.2, 0.25) is 0 Å². The van der Waals surface area contributed by atoms with Crippen LogP contribution in [0.25, 0.3) is 11.0 Å². The molecule has 1 saturated heterocycles. The van der Waals surface area contributed by atoms with E-state index in [1.54, 1.807) is 0 Å². The predicted octanol–water partition coefficient (Wildman–Crippen LogP) is 1.80. The molecule has 2 amide bonds. The van der Waals surface area contributed by atoms with Crippen molar-refractivity contribution < 1.29 is 9.59 Å². The van der Waals surface area contributed by atoms with E-state index in [1.807, 2.05) is 30.0 Å². The summed E-state index contributed by atoms with van der Waals surface area (Å²) in [7, 11) is 0. The highest BCUT2D eigenvalue weighted by molar-refractivity contribution is 6.39. The van der Waals surface area contributed by atoms with E-state index in [2.05, 4.69) is 15.5 Å². The van der Waals surface area contributed by atoms with Gasteiger partial charge in [0.1, 0.15) is 11.5 Å². The van der Waals surface area contributed by atoms with Gasteiger partial charge in [0, 0.05) is 19.4 Å². The van der Waals surface area contributed by atoms with Crippen molar-refractivity contribution in [3.63, 3.8) is 0 Å². The quantitative estimate of drug-likeness (QED) is 0.882. The second kappa shape index (κ2) is 5.74. The summed E-state index contributed by atoms with van der Waals surface area (Å²) in [6.45, 7) is 2.72. The minimum absolute atomic E-state index is 0.0652. The van der Waals surface area contributed by atoms with Crippen molar-refractivity contribution in [3.8, 4) is 0 Å². The summed E-state index contributed by atoms with van der Waals surface area (Å²) in [5.41, 5.74) is 5.88. The molecule has 4 rings (SSSR count). The summed E-state index contributed by atoms with van der Waals surface area (Å²) in [5.74, 6) is 0.581. The van der Waals surface area contributed by atoms with Crippen LogP contribution in [0, 0.1) is 6.92 Å². The largest absolute Gasteiger partial charge is 0.340 e. The summed E-state index contributed by atoms with van der Waals surface area (Å²) >= 11 is 0. The number of H-pyrrole nitrogens is 1. The molecule has 1 aromatic carbocycles. The van der Waals surface area contributed by atoms with E-state index in [0.29, 0.717) is 25.1 Å². The first-order valence-corrected chi connectivity index (χ1v) is 8.25. The lowest BCUT2D eigenvalue weighted by Crippen LogP contribution is -2.40. The Bertz CT molecular complexity index is 854. The zero-order valence-electron chi connectivity index (χ0n) is 13.5. The molecule has 124 valence electrons. The van der Waals surface area contributed by atoms with Gasteiger partial charge in [0.2, 0.25) is 5.91 Å². The molecule has 0 aliphatic carbocycles. The summed E-state index contributed by atoms with van der Waals surface area (Å²) in [6, 6.07) is 5.96. The number of aromatic amines is 1. The van der Waals surface area contributed by atoms with Gasteiger partial charge in [0.25, 0.3) is 5.91 Å². The Kier molecular flexibility index (Phi) is 3.55. The smallest absolute Gasteiger partial charge is 0.270 e. The number of aryl methyl sites for hydroxylation is 1. The highest BCUT2D eigenvalue weighted by Crippen LogP contribution is 2.32. The fourth-order valence-electron chi connectivity index (χ4n) is 3.44. The molecule has 2 aromatic rings. The number of nitrogens with zero attached hydrogens (tertiary/aromatic N) is 3. The molecule has 1 fully saturated rings. The molecule has 3 heterocycles. The third-order valence-electron chi connectivity index (χ3n) is 4.71. The van der Waals surface area contributed by atoms with Gasteiger partial charge in [-0.2, -0.15) is 5.10 Å². The number of aromatic nitrogens is 2. The number of para-hydroxylation sites is 1. The number of carbonyl (C=O) groups excluding carboxylic acids is 2. The van der Waals surface area contributed by atoms with E-state index < -0.39 is 0 Å². The molecule has 0 saturated carbocycles. The molecule has 7 nitrogen and oxygen atoms in total. The number of nitrogens with one attached hydrogen (secondary N) is 2. The standard InChI is InChI=1S/C17H19N5O2/c1-10-4-2-5-11-15(10)19-16(18-11)13-6-3-9-22(13)17(24)12-7-8-14(23)21-20-12/h2,4-5,13H,3,6-9H2,1H3,(H,18,19)(H,21,23)/t13-/m0/s1. The summed E-state index contributed by atoms with van der Waals surface area (Å²) < 4.78 is 0. The number of fused-ring (bicyclic) bond motifs is 1. The Morgan fingerprint density at radius 1 is 1.33 bits per heavy atom. The van der Waals surface area contributed by atoms with Crippen LogP contribution in [0.4, 0.5) is 0 Å². The molecule has 0 bridgehead atoms. The Morgan fingerprint density at radius 2 is 2.21 bits per heavy atom. The fourth-order valence-corrected chi connectivity index (χ4v) is 3.44. The Balaban J connectivity index is 1.63. The number of hydrogen-bond acceptors (Lipinski definition) is 4. The molecule has 0 radical (unpaired) electrons. The Labute approximate surface area is 139 Å². The highest BCUT2D eigenvalue weighted by atomic mass is 16.2. The first-order valence-electron chi connectivity index (χ1n) is 8.25. The van der Waals surface area contributed by atoms with Gasteiger partial charge in [-0.3, -0.25) is 9.59 Å². The molecule has 7 heteroatoms. The summed E-state index contributed by atoms with van der Waals surface area (Å²) in [4.78, 5) is 33.9. The van der Waals surface area contributed by atoms with Crippen LogP contribution in [0.3, 0.4) is 0 Å². The fraction of sp³-hybridized carbons (Fsp3) is 0.412. The van der Waals surface area contributed by atoms with E-state index in [4.69, 9.17) is 4.98 Å². The molecular weight excluding hydrogens is 306 g/mol. The summed E-state index contributed by atoms with van der Waals surface area (Å²) in [5, 5.41) is 3.94. The topological polar surface area (TPSA) is 90.5 Å². The number of likely N-dealkylation sites (tertiary alicyclic amines) is 1. The molecule has 2 N–H and O–H groups in total. The number of hydrogen-bond donors (Lipinski definition) is 2. The number of hydrazone groups is 1. The third kappa shape index (κ3) is 2.46. The third-order valence-corrected chi connectivity index (χ3v) is 4.71. The van der Waals surface area contributed by atoms with Crippen LogP contribution in [0.5, 0.6) is 0 Å². The lowest BCUT2D eigenvalue weighted by Gasteiger charge is -2.24. The molecule has 2 aliphatic rings. The van der Waals surface area contributed by atoms with Crippen molar-refractivity contribution in [3.05, 3.63) is 29.6 Å². The first kappa shape index (κ1) is 14.9. The van der Waals surface area contributed by atoms with Gasteiger partial charge >= 0.3 is 0 Å². The second-order valence-corrected chi connectivity index (χ2v) is 6.34. The zero-order valence-corrected chi connectivity index (χ0v) is 13.5. The van der Waals surface area contributed by atoms with E-state index in [1.165, 1.54) is 0 Å². The Hall–Kier alpha value is -2.70. The normalized spacial score (nSPS) is 21.0. The monoisotopic (exact) mass is 325 g/mol. The lowest BCUT2D eigenvalue weighted by atomic mass is 10.1. The van der Waals surface area contributed by atoms with Gasteiger partial charge in [-0.05, 0) is 31.4 Å². The molecule has 1 aromatic heterocycles. The summed E-state index contributed by atoms with van der Waals surface area (Å²) in [6.07, 6.45) is 2.52. The minimum atomic E-state index is -0.141. The van der Waals surface area contributed by atoms with Crippen LogP contribution in [0.1, 0.15) is 43.1 Å². The van der Waals surface area contributed by atoms with Gasteiger partial charge < -0.3 is 9.88 Å². The van der Waals surface area contributed by atoms with Gasteiger partial charge in [-0.15, -0.1) is 0 Å². The average Bonchev–Trinajstić information content (AvgIpc) is 3.22. The molecule has 0 spiro atoms. The van der Waals surface area contributed by atoms with Crippen molar-refractivity contribution in [2.45, 2.75) is 38.6 Å². The highest BCUT2D eigenvalue weighted by Gasteiger charge is 2.35. The number of rotatable bonds is 2. The van der Waals surface area contributed by atoms with Crippen molar-refractivity contribution in [1.82, 2.24) is 20.3 Å². The van der Waals surface area contributed by atoms with Crippen LogP contribution < -0.4 is 5.43 Å². The van der Waals surface area contributed by atoms with Gasteiger partial charge in [-0.25, -0.2) is 10.4 Å². The van der Waals surface area contributed by atoms with E-state index in [-0.39, 0.29) is 17.9 Å². The first-order chi connectivity index (χ1) is 11.6. The number of benzene rings is 1. The van der Waals surface area contributed by atoms with Crippen molar-refractivity contribution in [2.75, 3.05) is 6.54 Å². The van der Waals surface area contributed by atoms with E-state index in [0.717, 1.165) is 35.3 Å². The maximum absolute atomic E-state index is 12.8. The van der Waals surface area contributed by atoms with E-state index in [9.17, 15) is 9.59 Å². The van der Waals surface area contributed by atoms with Crippen molar-refractivity contribution >= 4 is 28.6 Å². The van der Waals surface area contributed by atoms with Crippen LogP contribution in [-0.4, -0.2) is 38.9 Å². The van der Waals surface area contributed by atoms with Crippen LogP contribution in [0.15, 0.2) is 23.3 Å². The predicted molar refractivity (Wildman–Crippen MR) is 89.3 cm³/mol. The minimum Gasteiger partial charge on any atom is -0.340 e. The van der Waals surface area contributed by atoms with E-state index >= 15 is 0 Å². The number of carbonyl (C=O) groups is 2. The van der Waals surface area contributed by atoms with Crippen LogP contribution >= 0.6 is 0 Å². The van der Waals surface area contributed by atoms with Crippen molar-refractivity contribution in [2.24, 2.45) is 5.10 Å². The van der Waals surface area contributed by atoms with Gasteiger partial charge in [0.05, 0.1) is 17.1 Å². The SMILES string of the molecule is Cc1cccc2[nH]c([C@@H]3CCCN3C(=O)C3=NNC(=O)CC3)nc12. The number of imidazole rings is 1. The molecular formula is C17H19N5O2. The van der Waals surface area contributed by atoms with Crippen LogP contribution in [-0.2, 0) is 9.59 Å². The molecule has 0 unspecified atom stereocenters. The van der Waals surface area contributed by atoms with Gasteiger partial charge in [-0.1, -0.05) is 12.1 Å². The molecule has 24 heavy (non-hydrogen) atoms. The lowest BCUT2D eigenvalue weighted by molar-refractivity contribution is -0.125. The second-order valence-electron chi connectivity index (χ2n) is 6.34.